The molecule has 0 heterocycles. The highest BCUT2D eigenvalue weighted by atomic mass is 16.2. The first-order chi connectivity index (χ1) is 12.4. The number of amides is 2. The molecule has 0 atom stereocenters. The number of rotatable bonds is 17. The number of carbonyl (C=O) groups is 2. The molecule has 0 aliphatic rings. The zero-order valence-electron chi connectivity index (χ0n) is 17.9. The monoisotopic (exact) mass is 368 g/mol. The molecular formula is C22H44N2O2. The van der Waals surface area contributed by atoms with Crippen LogP contribution < -0.4 is 10.6 Å². The van der Waals surface area contributed by atoms with Crippen molar-refractivity contribution in [2.24, 2.45) is 0 Å². The summed E-state index contributed by atoms with van der Waals surface area (Å²) < 4.78 is 0. The van der Waals surface area contributed by atoms with Gasteiger partial charge in [0.2, 0.25) is 11.8 Å². The van der Waals surface area contributed by atoms with E-state index in [-0.39, 0.29) is 11.8 Å². The largest absolute Gasteiger partial charge is 0.354 e. The van der Waals surface area contributed by atoms with Gasteiger partial charge in [-0.3, -0.25) is 9.59 Å². The first kappa shape index (κ1) is 24.9. The second kappa shape index (κ2) is 16.1. The van der Waals surface area contributed by atoms with Crippen LogP contribution in [0.25, 0.3) is 0 Å². The smallest absolute Gasteiger partial charge is 0.245 e. The fraction of sp³-hybridized carbons (Fsp3) is 0.909. The highest BCUT2D eigenvalue weighted by Gasteiger charge is 2.27. The van der Waals surface area contributed by atoms with Gasteiger partial charge in [0.05, 0.1) is 0 Å². The molecule has 0 unspecified atom stereocenters. The molecule has 0 spiro atoms. The van der Waals surface area contributed by atoms with E-state index in [0.717, 1.165) is 12.8 Å². The van der Waals surface area contributed by atoms with Crippen LogP contribution in [-0.4, -0.2) is 23.9 Å². The minimum atomic E-state index is -0.832. The van der Waals surface area contributed by atoms with Gasteiger partial charge in [-0.1, -0.05) is 90.4 Å². The van der Waals surface area contributed by atoms with Gasteiger partial charge in [-0.15, -0.1) is 0 Å². The summed E-state index contributed by atoms with van der Waals surface area (Å²) >= 11 is 0. The summed E-state index contributed by atoms with van der Waals surface area (Å²) in [5, 5.41) is 5.59. The maximum Gasteiger partial charge on any atom is 0.245 e. The van der Waals surface area contributed by atoms with Gasteiger partial charge in [0.25, 0.3) is 0 Å². The molecule has 0 rings (SSSR count). The normalized spacial score (nSPS) is 11.4. The average molecular weight is 369 g/mol. The van der Waals surface area contributed by atoms with Gasteiger partial charge in [-0.25, -0.2) is 0 Å². The molecule has 0 fully saturated rings. The van der Waals surface area contributed by atoms with Crippen molar-refractivity contribution in [3.05, 3.63) is 0 Å². The SMILES string of the molecule is CCCCCCCCCCCCCCCCNC(=O)C(C)(C)NC(C)=O. The number of unbranched alkanes of at least 4 members (excludes halogenated alkanes) is 13. The van der Waals surface area contributed by atoms with E-state index in [2.05, 4.69) is 17.6 Å². The molecule has 0 radical (unpaired) electrons. The maximum absolute atomic E-state index is 12.0. The van der Waals surface area contributed by atoms with E-state index in [1.807, 2.05) is 0 Å². The third kappa shape index (κ3) is 15.2. The Kier molecular flexibility index (Phi) is 15.5. The van der Waals surface area contributed by atoms with Crippen LogP contribution in [0.2, 0.25) is 0 Å². The Hall–Kier alpha value is -1.06. The number of carbonyl (C=O) groups excluding carboxylic acids is 2. The van der Waals surface area contributed by atoms with Crippen molar-refractivity contribution in [2.45, 2.75) is 123 Å². The molecule has 2 N–H and O–H groups in total. The van der Waals surface area contributed by atoms with Crippen LogP contribution in [0.5, 0.6) is 0 Å². The van der Waals surface area contributed by atoms with Crippen molar-refractivity contribution in [3.8, 4) is 0 Å². The second-order valence-corrected chi connectivity index (χ2v) is 8.16. The summed E-state index contributed by atoms with van der Waals surface area (Å²) in [6.07, 6.45) is 18.7. The first-order valence-corrected chi connectivity index (χ1v) is 11.0. The van der Waals surface area contributed by atoms with Gasteiger partial charge in [0.15, 0.2) is 0 Å². The summed E-state index contributed by atoms with van der Waals surface area (Å²) in [7, 11) is 0. The zero-order valence-corrected chi connectivity index (χ0v) is 17.9. The third-order valence-corrected chi connectivity index (χ3v) is 4.87. The second-order valence-electron chi connectivity index (χ2n) is 8.16. The lowest BCUT2D eigenvalue weighted by Gasteiger charge is -2.24. The number of hydrogen-bond acceptors (Lipinski definition) is 2. The van der Waals surface area contributed by atoms with Gasteiger partial charge in [-0.2, -0.15) is 0 Å². The molecule has 0 aliphatic heterocycles. The molecule has 2 amide bonds. The lowest BCUT2D eigenvalue weighted by atomic mass is 10.0. The topological polar surface area (TPSA) is 58.2 Å². The van der Waals surface area contributed by atoms with Gasteiger partial charge in [0.1, 0.15) is 5.54 Å². The van der Waals surface area contributed by atoms with Crippen molar-refractivity contribution in [3.63, 3.8) is 0 Å². The lowest BCUT2D eigenvalue weighted by molar-refractivity contribution is -0.131. The lowest BCUT2D eigenvalue weighted by Crippen LogP contribution is -2.54. The van der Waals surface area contributed by atoms with Crippen LogP contribution in [0.1, 0.15) is 118 Å². The Morgan fingerprint density at radius 1 is 0.692 bits per heavy atom. The molecular weight excluding hydrogens is 324 g/mol. The highest BCUT2D eigenvalue weighted by Crippen LogP contribution is 2.12. The summed E-state index contributed by atoms with van der Waals surface area (Å²) in [5.41, 5.74) is -0.832. The van der Waals surface area contributed by atoms with E-state index in [1.165, 1.54) is 84.0 Å². The molecule has 26 heavy (non-hydrogen) atoms. The molecule has 0 saturated heterocycles. The summed E-state index contributed by atoms with van der Waals surface area (Å²) in [4.78, 5) is 23.1. The summed E-state index contributed by atoms with van der Waals surface area (Å²) in [5.74, 6) is -0.288. The van der Waals surface area contributed by atoms with Crippen LogP contribution in [0, 0.1) is 0 Å². The predicted octanol–water partition coefficient (Wildman–Crippen LogP) is 5.50. The average Bonchev–Trinajstić information content (AvgIpc) is 2.57. The van der Waals surface area contributed by atoms with Crippen molar-refractivity contribution in [1.82, 2.24) is 10.6 Å². The Labute approximate surface area is 162 Å². The Balaban J connectivity index is 3.34. The number of nitrogens with one attached hydrogen (secondary N) is 2. The van der Waals surface area contributed by atoms with Crippen LogP contribution in [0.4, 0.5) is 0 Å². The van der Waals surface area contributed by atoms with E-state index in [0.29, 0.717) is 6.54 Å². The Morgan fingerprint density at radius 3 is 1.46 bits per heavy atom. The molecule has 0 aromatic heterocycles. The van der Waals surface area contributed by atoms with Gasteiger partial charge in [-0.05, 0) is 20.3 Å². The van der Waals surface area contributed by atoms with Crippen molar-refractivity contribution < 1.29 is 9.59 Å². The molecule has 0 aromatic carbocycles. The van der Waals surface area contributed by atoms with Gasteiger partial charge in [0, 0.05) is 13.5 Å². The van der Waals surface area contributed by atoms with Gasteiger partial charge < -0.3 is 10.6 Å². The minimum absolute atomic E-state index is 0.109. The molecule has 0 aromatic rings. The Bertz CT molecular complexity index is 367. The van der Waals surface area contributed by atoms with E-state index in [9.17, 15) is 9.59 Å². The van der Waals surface area contributed by atoms with E-state index in [4.69, 9.17) is 0 Å². The van der Waals surface area contributed by atoms with Gasteiger partial charge >= 0.3 is 0 Å². The number of hydrogen-bond donors (Lipinski definition) is 2. The third-order valence-electron chi connectivity index (χ3n) is 4.87. The summed E-state index contributed by atoms with van der Waals surface area (Å²) in [6, 6.07) is 0. The van der Waals surface area contributed by atoms with Crippen LogP contribution in [0.15, 0.2) is 0 Å². The van der Waals surface area contributed by atoms with Crippen molar-refractivity contribution in [2.75, 3.05) is 6.54 Å². The van der Waals surface area contributed by atoms with E-state index >= 15 is 0 Å². The zero-order chi connectivity index (χ0) is 19.7. The molecule has 154 valence electrons. The first-order valence-electron chi connectivity index (χ1n) is 11.0. The summed E-state index contributed by atoms with van der Waals surface area (Å²) in [6.45, 7) is 7.86. The Morgan fingerprint density at radius 2 is 1.08 bits per heavy atom. The highest BCUT2D eigenvalue weighted by molar-refractivity contribution is 5.89. The fourth-order valence-corrected chi connectivity index (χ4v) is 3.24. The fourth-order valence-electron chi connectivity index (χ4n) is 3.24. The van der Waals surface area contributed by atoms with Crippen molar-refractivity contribution >= 4 is 11.8 Å². The van der Waals surface area contributed by atoms with E-state index in [1.54, 1.807) is 13.8 Å². The standard InChI is InChI=1S/C22H44N2O2/c1-5-6-7-8-9-10-11-12-13-14-15-16-17-18-19-23-21(26)22(3,4)24-20(2)25/h5-19H2,1-4H3,(H,23,26)(H,24,25). The molecule has 0 aliphatic carbocycles. The molecule has 0 bridgehead atoms. The predicted molar refractivity (Wildman–Crippen MR) is 111 cm³/mol. The minimum Gasteiger partial charge on any atom is -0.354 e. The quantitative estimate of drug-likeness (QED) is 0.333. The van der Waals surface area contributed by atoms with Crippen LogP contribution >= 0.6 is 0 Å². The maximum atomic E-state index is 12.0. The molecule has 4 heteroatoms. The molecule has 0 saturated carbocycles. The van der Waals surface area contributed by atoms with Crippen LogP contribution in [-0.2, 0) is 9.59 Å². The molecule has 4 nitrogen and oxygen atoms in total. The van der Waals surface area contributed by atoms with E-state index < -0.39 is 5.54 Å². The van der Waals surface area contributed by atoms with Crippen LogP contribution in [0.3, 0.4) is 0 Å². The van der Waals surface area contributed by atoms with Crippen molar-refractivity contribution in [1.29, 1.82) is 0 Å².